The van der Waals surface area contributed by atoms with E-state index in [0.717, 1.165) is 0 Å². The monoisotopic (exact) mass is 268 g/mol. The van der Waals surface area contributed by atoms with Crippen LogP contribution in [0.4, 0.5) is 0 Å². The zero-order valence-corrected chi connectivity index (χ0v) is 11.7. The fraction of sp³-hybridized carbons (Fsp3) is 0.615. The standard InChI is InChI=1S/C13H20N2O4/c1-8-5-10(15-19-8)11(16)14-7-9(12(17)18)6-13(2,3)4/h5,9H,6-7H2,1-4H3,(H,14,16)(H,17,18). The van der Waals surface area contributed by atoms with Crippen molar-refractivity contribution >= 4 is 11.9 Å². The molecule has 106 valence electrons. The first kappa shape index (κ1) is 15.2. The van der Waals surface area contributed by atoms with Gasteiger partial charge in [0.15, 0.2) is 5.69 Å². The van der Waals surface area contributed by atoms with Gasteiger partial charge in [-0.2, -0.15) is 0 Å². The highest BCUT2D eigenvalue weighted by atomic mass is 16.5. The summed E-state index contributed by atoms with van der Waals surface area (Å²) in [5.74, 6) is -1.41. The summed E-state index contributed by atoms with van der Waals surface area (Å²) in [6.45, 7) is 7.66. The summed E-state index contributed by atoms with van der Waals surface area (Å²) in [5, 5.41) is 15.3. The molecule has 0 radical (unpaired) electrons. The molecule has 0 saturated heterocycles. The van der Waals surface area contributed by atoms with Crippen molar-refractivity contribution in [1.29, 1.82) is 0 Å². The number of aryl methyl sites for hydroxylation is 1. The van der Waals surface area contributed by atoms with Crippen LogP contribution in [0.3, 0.4) is 0 Å². The lowest BCUT2D eigenvalue weighted by Gasteiger charge is -2.23. The summed E-state index contributed by atoms with van der Waals surface area (Å²) in [5.41, 5.74) is 0.0514. The second kappa shape index (κ2) is 5.86. The Hall–Kier alpha value is -1.85. The maximum atomic E-state index is 11.7. The molecule has 19 heavy (non-hydrogen) atoms. The number of carboxylic acid groups (broad SMARTS) is 1. The first-order chi connectivity index (χ1) is 8.69. The Kier molecular flexibility index (Phi) is 4.69. The van der Waals surface area contributed by atoms with E-state index in [2.05, 4.69) is 10.5 Å². The van der Waals surface area contributed by atoms with Gasteiger partial charge in [0, 0.05) is 12.6 Å². The molecular weight excluding hydrogens is 248 g/mol. The average Bonchev–Trinajstić information content (AvgIpc) is 2.68. The molecule has 1 unspecified atom stereocenters. The third kappa shape index (κ3) is 5.11. The van der Waals surface area contributed by atoms with Crippen molar-refractivity contribution in [3.8, 4) is 0 Å². The Morgan fingerprint density at radius 3 is 2.53 bits per heavy atom. The molecule has 6 nitrogen and oxygen atoms in total. The summed E-state index contributed by atoms with van der Waals surface area (Å²) in [7, 11) is 0. The van der Waals surface area contributed by atoms with E-state index in [1.165, 1.54) is 6.07 Å². The van der Waals surface area contributed by atoms with Crippen LogP contribution in [0.15, 0.2) is 10.6 Å². The Labute approximate surface area is 112 Å². The van der Waals surface area contributed by atoms with Crippen LogP contribution in [0.1, 0.15) is 43.4 Å². The smallest absolute Gasteiger partial charge is 0.308 e. The number of hydrogen-bond donors (Lipinski definition) is 2. The Morgan fingerprint density at radius 2 is 2.11 bits per heavy atom. The Morgan fingerprint density at radius 1 is 1.47 bits per heavy atom. The summed E-state index contributed by atoms with van der Waals surface area (Å²) >= 11 is 0. The molecule has 1 atom stereocenters. The molecule has 0 bridgehead atoms. The van der Waals surface area contributed by atoms with Crippen molar-refractivity contribution in [2.24, 2.45) is 11.3 Å². The van der Waals surface area contributed by atoms with E-state index in [1.54, 1.807) is 6.92 Å². The van der Waals surface area contributed by atoms with Gasteiger partial charge >= 0.3 is 5.97 Å². The maximum Gasteiger partial charge on any atom is 0.308 e. The van der Waals surface area contributed by atoms with E-state index in [-0.39, 0.29) is 17.7 Å². The SMILES string of the molecule is Cc1cc(C(=O)NCC(CC(C)(C)C)C(=O)O)no1. The summed E-state index contributed by atoms with van der Waals surface area (Å²) in [4.78, 5) is 22.9. The molecule has 0 saturated carbocycles. The van der Waals surface area contributed by atoms with E-state index >= 15 is 0 Å². The molecule has 0 fully saturated rings. The van der Waals surface area contributed by atoms with Crippen molar-refractivity contribution in [2.75, 3.05) is 6.54 Å². The third-order valence-electron chi connectivity index (χ3n) is 2.58. The van der Waals surface area contributed by atoms with Gasteiger partial charge < -0.3 is 14.9 Å². The van der Waals surface area contributed by atoms with Crippen LogP contribution in [-0.4, -0.2) is 28.7 Å². The molecule has 6 heteroatoms. The van der Waals surface area contributed by atoms with E-state index in [9.17, 15) is 9.59 Å². The minimum Gasteiger partial charge on any atom is -0.481 e. The van der Waals surface area contributed by atoms with Crippen molar-refractivity contribution in [3.05, 3.63) is 17.5 Å². The van der Waals surface area contributed by atoms with Gasteiger partial charge in [-0.1, -0.05) is 25.9 Å². The van der Waals surface area contributed by atoms with E-state index in [1.807, 2.05) is 20.8 Å². The molecule has 1 aromatic heterocycles. The molecule has 1 aromatic rings. The normalized spacial score (nSPS) is 13.1. The highest BCUT2D eigenvalue weighted by Gasteiger charge is 2.25. The molecule has 1 amide bonds. The van der Waals surface area contributed by atoms with Crippen LogP contribution >= 0.6 is 0 Å². The number of hydrogen-bond acceptors (Lipinski definition) is 4. The first-order valence-corrected chi connectivity index (χ1v) is 6.13. The second-order valence-electron chi connectivity index (χ2n) is 5.83. The zero-order chi connectivity index (χ0) is 14.6. The molecule has 0 aromatic carbocycles. The van der Waals surface area contributed by atoms with Crippen LogP contribution in [-0.2, 0) is 4.79 Å². The molecular formula is C13H20N2O4. The molecule has 1 rings (SSSR count). The minimum absolute atomic E-state index is 0.0807. The van der Waals surface area contributed by atoms with E-state index in [4.69, 9.17) is 9.63 Å². The summed E-state index contributed by atoms with van der Waals surface area (Å²) in [6.07, 6.45) is 0.487. The molecule has 0 spiro atoms. The number of aliphatic carboxylic acids is 1. The number of carboxylic acids is 1. The Bertz CT molecular complexity index is 459. The van der Waals surface area contributed by atoms with Gasteiger partial charge in [-0.15, -0.1) is 0 Å². The van der Waals surface area contributed by atoms with Gasteiger partial charge in [0.25, 0.3) is 5.91 Å². The van der Waals surface area contributed by atoms with Gasteiger partial charge in [-0.25, -0.2) is 0 Å². The van der Waals surface area contributed by atoms with Gasteiger partial charge in [-0.05, 0) is 18.8 Å². The fourth-order valence-corrected chi connectivity index (χ4v) is 1.77. The number of amides is 1. The molecule has 0 aliphatic rings. The van der Waals surface area contributed by atoms with E-state index < -0.39 is 17.8 Å². The Balaban J connectivity index is 2.57. The van der Waals surface area contributed by atoms with Crippen molar-refractivity contribution in [3.63, 3.8) is 0 Å². The lowest BCUT2D eigenvalue weighted by Crippen LogP contribution is -2.35. The van der Waals surface area contributed by atoms with Gasteiger partial charge in [0.1, 0.15) is 5.76 Å². The largest absolute Gasteiger partial charge is 0.481 e. The minimum atomic E-state index is -0.911. The van der Waals surface area contributed by atoms with Crippen molar-refractivity contribution in [2.45, 2.75) is 34.1 Å². The number of aromatic nitrogens is 1. The highest BCUT2D eigenvalue weighted by Crippen LogP contribution is 2.24. The predicted octanol–water partition coefficient (Wildman–Crippen LogP) is 1.85. The number of carbonyl (C=O) groups excluding carboxylic acids is 1. The first-order valence-electron chi connectivity index (χ1n) is 6.13. The number of carbonyl (C=O) groups is 2. The second-order valence-corrected chi connectivity index (χ2v) is 5.83. The number of rotatable bonds is 5. The third-order valence-corrected chi connectivity index (χ3v) is 2.58. The quantitative estimate of drug-likeness (QED) is 0.850. The lowest BCUT2D eigenvalue weighted by molar-refractivity contribution is -0.142. The number of nitrogens with one attached hydrogen (secondary N) is 1. The van der Waals surface area contributed by atoms with Crippen LogP contribution < -0.4 is 5.32 Å². The van der Waals surface area contributed by atoms with Crippen LogP contribution in [0.2, 0.25) is 0 Å². The van der Waals surface area contributed by atoms with Gasteiger partial charge in [-0.3, -0.25) is 9.59 Å². The average molecular weight is 268 g/mol. The van der Waals surface area contributed by atoms with Gasteiger partial charge in [0.2, 0.25) is 0 Å². The zero-order valence-electron chi connectivity index (χ0n) is 11.7. The highest BCUT2D eigenvalue weighted by molar-refractivity contribution is 5.92. The summed E-state index contributed by atoms with van der Waals surface area (Å²) < 4.78 is 4.79. The molecule has 0 aliphatic carbocycles. The maximum absolute atomic E-state index is 11.7. The van der Waals surface area contributed by atoms with Gasteiger partial charge in [0.05, 0.1) is 5.92 Å². The van der Waals surface area contributed by atoms with E-state index in [0.29, 0.717) is 12.2 Å². The van der Waals surface area contributed by atoms with Crippen LogP contribution in [0.25, 0.3) is 0 Å². The number of nitrogens with zero attached hydrogens (tertiary/aromatic N) is 1. The topological polar surface area (TPSA) is 92.4 Å². The van der Waals surface area contributed by atoms with Crippen LogP contribution in [0.5, 0.6) is 0 Å². The summed E-state index contributed by atoms with van der Waals surface area (Å²) in [6, 6.07) is 1.51. The lowest BCUT2D eigenvalue weighted by atomic mass is 9.84. The molecule has 2 N–H and O–H groups in total. The van der Waals surface area contributed by atoms with Crippen molar-refractivity contribution in [1.82, 2.24) is 10.5 Å². The van der Waals surface area contributed by atoms with Crippen LogP contribution in [0, 0.1) is 18.3 Å². The molecule has 0 aliphatic heterocycles. The fourth-order valence-electron chi connectivity index (χ4n) is 1.77. The van der Waals surface area contributed by atoms with Crippen molar-refractivity contribution < 1.29 is 19.2 Å². The molecule has 1 heterocycles. The predicted molar refractivity (Wildman–Crippen MR) is 68.8 cm³/mol.